The average molecular weight is 367 g/mol. The molecule has 4 aromatic heterocycles. The number of pyridine rings is 1. The van der Waals surface area contributed by atoms with Gasteiger partial charge in [0, 0.05) is 35.1 Å². The second-order valence-electron chi connectivity index (χ2n) is 6.75. The summed E-state index contributed by atoms with van der Waals surface area (Å²) < 4.78 is 16.4. The van der Waals surface area contributed by atoms with Crippen molar-refractivity contribution in [2.75, 3.05) is 11.9 Å². The number of fused-ring (bicyclic) bond motifs is 2. The molecule has 0 spiro atoms. The summed E-state index contributed by atoms with van der Waals surface area (Å²) in [6.45, 7) is 4.06. The molecule has 4 rings (SSSR count). The molecule has 0 aromatic carbocycles. The van der Waals surface area contributed by atoms with Gasteiger partial charge in [-0.2, -0.15) is 10.1 Å². The number of nitrogens with zero attached hydrogens (tertiary/aromatic N) is 5. The molecule has 0 aliphatic heterocycles. The smallest absolute Gasteiger partial charge is 0.224 e. The molecule has 1 atom stereocenters. The molecule has 7 nitrogen and oxygen atoms in total. The van der Waals surface area contributed by atoms with Crippen LogP contribution in [-0.4, -0.2) is 41.8 Å². The van der Waals surface area contributed by atoms with Crippen molar-refractivity contribution in [1.82, 2.24) is 29.5 Å². The second-order valence-corrected chi connectivity index (χ2v) is 6.75. The lowest BCUT2D eigenvalue weighted by atomic mass is 9.97. The lowest BCUT2D eigenvalue weighted by Crippen LogP contribution is -2.31. The topological polar surface area (TPSA) is 83.8 Å². The van der Waals surface area contributed by atoms with Gasteiger partial charge in [-0.25, -0.2) is 18.9 Å². The fourth-order valence-electron chi connectivity index (χ4n) is 3.28. The molecule has 0 saturated carbocycles. The monoisotopic (exact) mass is 367 g/mol. The summed E-state index contributed by atoms with van der Waals surface area (Å²) in [6, 6.07) is 3.90. The first kappa shape index (κ1) is 17.4. The zero-order valence-electron chi connectivity index (χ0n) is 15.4. The first-order valence-corrected chi connectivity index (χ1v) is 9.18. The van der Waals surface area contributed by atoms with E-state index in [2.05, 4.69) is 30.4 Å². The van der Waals surface area contributed by atoms with Gasteiger partial charge in [-0.15, -0.1) is 0 Å². The molecule has 0 saturated heterocycles. The van der Waals surface area contributed by atoms with Crippen LogP contribution in [0.1, 0.15) is 33.1 Å². The van der Waals surface area contributed by atoms with Crippen molar-refractivity contribution in [2.45, 2.75) is 38.8 Å². The van der Waals surface area contributed by atoms with Crippen LogP contribution in [0.25, 0.3) is 27.8 Å². The van der Waals surface area contributed by atoms with Crippen molar-refractivity contribution in [2.24, 2.45) is 0 Å². The number of hydrogen-bond acceptors (Lipinski definition) is 5. The van der Waals surface area contributed by atoms with E-state index in [-0.39, 0.29) is 6.54 Å². The molecule has 140 valence electrons. The van der Waals surface area contributed by atoms with Crippen LogP contribution < -0.4 is 5.32 Å². The Morgan fingerprint density at radius 1 is 1.26 bits per heavy atom. The Kier molecular flexibility index (Phi) is 4.47. The molecule has 0 radical (unpaired) electrons. The van der Waals surface area contributed by atoms with Crippen molar-refractivity contribution < 1.29 is 4.39 Å². The van der Waals surface area contributed by atoms with Crippen LogP contribution in [0.2, 0.25) is 0 Å². The second kappa shape index (κ2) is 6.94. The fraction of sp³-hybridized carbons (Fsp3) is 0.368. The van der Waals surface area contributed by atoms with Crippen LogP contribution in [-0.2, 0) is 0 Å². The maximum Gasteiger partial charge on any atom is 0.224 e. The summed E-state index contributed by atoms with van der Waals surface area (Å²) in [6.07, 6.45) is 8.89. The third-order valence-corrected chi connectivity index (χ3v) is 4.91. The van der Waals surface area contributed by atoms with Gasteiger partial charge in [0.15, 0.2) is 5.65 Å². The van der Waals surface area contributed by atoms with Gasteiger partial charge in [0.2, 0.25) is 5.95 Å². The van der Waals surface area contributed by atoms with Crippen molar-refractivity contribution in [3.8, 4) is 11.1 Å². The predicted molar refractivity (Wildman–Crippen MR) is 103 cm³/mol. The Bertz CT molecular complexity index is 1070. The molecule has 27 heavy (non-hydrogen) atoms. The summed E-state index contributed by atoms with van der Waals surface area (Å²) in [7, 11) is 0. The van der Waals surface area contributed by atoms with E-state index in [0.717, 1.165) is 28.6 Å². The number of nitrogens with one attached hydrogen (secondary N) is 2. The zero-order valence-corrected chi connectivity index (χ0v) is 15.4. The molecule has 0 amide bonds. The highest BCUT2D eigenvalue weighted by Crippen LogP contribution is 2.28. The van der Waals surface area contributed by atoms with Crippen LogP contribution >= 0.6 is 0 Å². The van der Waals surface area contributed by atoms with Gasteiger partial charge in [-0.05, 0) is 25.0 Å². The Hall–Kier alpha value is -3.03. The molecule has 0 fully saturated rings. The molecule has 4 heterocycles. The van der Waals surface area contributed by atoms with E-state index >= 15 is 0 Å². The van der Waals surface area contributed by atoms with E-state index in [4.69, 9.17) is 0 Å². The molecule has 8 heteroatoms. The van der Waals surface area contributed by atoms with Gasteiger partial charge in [0.05, 0.1) is 6.54 Å². The highest BCUT2D eigenvalue weighted by atomic mass is 19.1. The first-order chi connectivity index (χ1) is 13.1. The minimum absolute atomic E-state index is 0.208. The normalized spacial score (nSPS) is 13.9. The lowest BCUT2D eigenvalue weighted by molar-refractivity contribution is 0.158. The van der Waals surface area contributed by atoms with E-state index in [1.54, 1.807) is 10.7 Å². The standard InChI is InChI=1S/C19H22FN7/c1-3-7-19(20,4-2)11-23-18-22-9-15-14(8-21-17(15)26-18)13-5-6-16-24-12-25-27(16)10-13/h5-6,8-10,12H,3-4,7,11H2,1-2H3,(H2,21,22,23,26). The van der Waals surface area contributed by atoms with Crippen molar-refractivity contribution in [3.63, 3.8) is 0 Å². The number of rotatable bonds is 7. The number of alkyl halides is 1. The van der Waals surface area contributed by atoms with Gasteiger partial charge in [-0.3, -0.25) is 0 Å². The summed E-state index contributed by atoms with van der Waals surface area (Å²) in [4.78, 5) is 16.2. The summed E-state index contributed by atoms with van der Waals surface area (Å²) in [5.41, 5.74) is 2.23. The molecule has 0 bridgehead atoms. The third-order valence-electron chi connectivity index (χ3n) is 4.91. The van der Waals surface area contributed by atoms with Crippen LogP contribution in [0.3, 0.4) is 0 Å². The van der Waals surface area contributed by atoms with Crippen LogP contribution in [0.4, 0.5) is 10.3 Å². The lowest BCUT2D eigenvalue weighted by Gasteiger charge is -2.23. The molecule has 1 unspecified atom stereocenters. The van der Waals surface area contributed by atoms with E-state index in [1.165, 1.54) is 6.33 Å². The maximum absolute atomic E-state index is 14.7. The average Bonchev–Trinajstić information content (AvgIpc) is 3.32. The number of halogens is 1. The minimum atomic E-state index is -1.23. The van der Waals surface area contributed by atoms with E-state index < -0.39 is 5.67 Å². The van der Waals surface area contributed by atoms with E-state index in [9.17, 15) is 4.39 Å². The molecule has 4 aromatic rings. The SMILES string of the molecule is CCCC(F)(CC)CNc1ncc2c(-c3ccc4ncnn4c3)c[nH]c2n1. The van der Waals surface area contributed by atoms with Crippen molar-refractivity contribution >= 4 is 22.6 Å². The Morgan fingerprint density at radius 3 is 2.96 bits per heavy atom. The predicted octanol–water partition coefficient (Wildman–Crippen LogP) is 4.00. The molecule has 0 aliphatic carbocycles. The Morgan fingerprint density at radius 2 is 2.15 bits per heavy atom. The van der Waals surface area contributed by atoms with Crippen molar-refractivity contribution in [1.29, 1.82) is 0 Å². The third kappa shape index (κ3) is 3.34. The van der Waals surface area contributed by atoms with Crippen LogP contribution in [0, 0.1) is 0 Å². The number of hydrogen-bond donors (Lipinski definition) is 2. The number of aromatic nitrogens is 6. The first-order valence-electron chi connectivity index (χ1n) is 9.18. The Balaban J connectivity index is 1.59. The van der Waals surface area contributed by atoms with Gasteiger partial charge >= 0.3 is 0 Å². The number of aromatic amines is 1. The van der Waals surface area contributed by atoms with Gasteiger partial charge < -0.3 is 10.3 Å². The van der Waals surface area contributed by atoms with Gasteiger partial charge in [-0.1, -0.05) is 20.3 Å². The summed E-state index contributed by atoms with van der Waals surface area (Å²) in [5.74, 6) is 0.425. The fourth-order valence-corrected chi connectivity index (χ4v) is 3.28. The molecule has 0 aliphatic rings. The largest absolute Gasteiger partial charge is 0.351 e. The highest BCUT2D eigenvalue weighted by molar-refractivity contribution is 5.93. The summed E-state index contributed by atoms with van der Waals surface area (Å²) >= 11 is 0. The summed E-state index contributed by atoms with van der Waals surface area (Å²) in [5, 5.41) is 8.11. The van der Waals surface area contributed by atoms with Crippen molar-refractivity contribution in [3.05, 3.63) is 37.1 Å². The van der Waals surface area contributed by atoms with Gasteiger partial charge in [0.1, 0.15) is 17.6 Å². The molecular formula is C19H22FN7. The maximum atomic E-state index is 14.7. The van der Waals surface area contributed by atoms with E-state index in [1.807, 2.05) is 38.4 Å². The Labute approximate surface area is 156 Å². The van der Waals surface area contributed by atoms with E-state index in [0.29, 0.717) is 24.4 Å². The van der Waals surface area contributed by atoms with Crippen LogP contribution in [0.5, 0.6) is 0 Å². The molecular weight excluding hydrogens is 345 g/mol. The zero-order chi connectivity index (χ0) is 18.9. The number of H-pyrrole nitrogens is 1. The van der Waals surface area contributed by atoms with Gasteiger partial charge in [0.25, 0.3) is 0 Å². The minimum Gasteiger partial charge on any atom is -0.351 e. The highest BCUT2D eigenvalue weighted by Gasteiger charge is 2.26. The number of anilines is 1. The quantitative estimate of drug-likeness (QED) is 0.516. The molecule has 2 N–H and O–H groups in total. The van der Waals surface area contributed by atoms with Crippen LogP contribution in [0.15, 0.2) is 37.1 Å².